The quantitative estimate of drug-likeness (QED) is 0.793. The molecule has 1 aromatic carbocycles. The van der Waals surface area contributed by atoms with E-state index in [1.54, 1.807) is 6.07 Å². The second kappa shape index (κ2) is 6.93. The molecule has 0 bridgehead atoms. The van der Waals surface area contributed by atoms with Crippen LogP contribution in [-0.4, -0.2) is 32.5 Å². The van der Waals surface area contributed by atoms with Crippen LogP contribution in [0.2, 0.25) is 0 Å². The number of imidazole rings is 1. The van der Waals surface area contributed by atoms with Gasteiger partial charge in [-0.2, -0.15) is 0 Å². The number of carbonyl (C=O) groups is 1. The molecule has 1 aliphatic heterocycles. The first-order chi connectivity index (χ1) is 12.3. The minimum atomic E-state index is -0.00869. The van der Waals surface area contributed by atoms with Gasteiger partial charge in [0.25, 0.3) is 0 Å². The van der Waals surface area contributed by atoms with Gasteiger partial charge in [-0.3, -0.25) is 4.79 Å². The van der Waals surface area contributed by atoms with Gasteiger partial charge in [0.15, 0.2) is 0 Å². The number of aromatic nitrogens is 3. The van der Waals surface area contributed by atoms with E-state index < -0.39 is 0 Å². The number of nitrogens with zero attached hydrogens (tertiary/aromatic N) is 3. The molecule has 1 amide bonds. The highest BCUT2D eigenvalue weighted by Crippen LogP contribution is 2.31. The summed E-state index contributed by atoms with van der Waals surface area (Å²) < 4.78 is 4.83. The number of aromatic amines is 1. The zero-order chi connectivity index (χ0) is 17.1. The van der Waals surface area contributed by atoms with Gasteiger partial charge in [0.05, 0.1) is 30.0 Å². The number of rotatable bonds is 4. The van der Waals surface area contributed by atoms with Crippen molar-refractivity contribution < 1.29 is 9.32 Å². The van der Waals surface area contributed by atoms with E-state index in [-0.39, 0.29) is 18.4 Å². The normalized spacial score (nSPS) is 17.6. The highest BCUT2D eigenvalue weighted by molar-refractivity contribution is 5.78. The second-order valence-electron chi connectivity index (χ2n) is 6.31. The molecule has 1 fully saturated rings. The Bertz CT molecular complexity index is 826. The lowest BCUT2D eigenvalue weighted by molar-refractivity contribution is -0.134. The van der Waals surface area contributed by atoms with Crippen LogP contribution in [0.25, 0.3) is 11.3 Å². The number of hydrogen-bond donors (Lipinski definition) is 1. The van der Waals surface area contributed by atoms with Crippen molar-refractivity contribution in [2.24, 2.45) is 0 Å². The zero-order valence-electron chi connectivity index (χ0n) is 13.9. The van der Waals surface area contributed by atoms with Crippen molar-refractivity contribution in [3.05, 3.63) is 60.4 Å². The van der Waals surface area contributed by atoms with Crippen molar-refractivity contribution in [2.45, 2.75) is 31.7 Å². The van der Waals surface area contributed by atoms with Crippen molar-refractivity contribution in [1.82, 2.24) is 20.0 Å². The third-order valence-corrected chi connectivity index (χ3v) is 4.64. The molecule has 2 aromatic heterocycles. The van der Waals surface area contributed by atoms with Crippen LogP contribution in [0.5, 0.6) is 0 Å². The SMILES string of the molecule is O=C(Cc1ccon1)N1CCCC[C@H]1c1ncc(-c2ccccc2)[nH]1. The standard InChI is InChI=1S/C19H20N4O2/c24-18(12-15-9-11-25-22-15)23-10-5-4-8-17(23)19-20-13-16(21-19)14-6-2-1-3-7-14/h1-3,6-7,9,11,13,17H,4-5,8,10,12H2,(H,20,21)/t17-/m0/s1. The van der Waals surface area contributed by atoms with Gasteiger partial charge in [-0.05, 0) is 24.8 Å². The topological polar surface area (TPSA) is 75.0 Å². The molecule has 3 heterocycles. The molecule has 0 aliphatic carbocycles. The Labute approximate surface area is 145 Å². The Morgan fingerprint density at radius 3 is 2.92 bits per heavy atom. The van der Waals surface area contributed by atoms with E-state index >= 15 is 0 Å². The molecule has 0 spiro atoms. The Kier molecular flexibility index (Phi) is 4.33. The first kappa shape index (κ1) is 15.6. The number of carbonyl (C=O) groups excluding carboxylic acids is 1. The lowest BCUT2D eigenvalue weighted by atomic mass is 10.0. The number of amides is 1. The summed E-state index contributed by atoms with van der Waals surface area (Å²) in [6.45, 7) is 0.753. The van der Waals surface area contributed by atoms with Gasteiger partial charge in [-0.25, -0.2) is 4.98 Å². The molecule has 0 unspecified atom stereocenters. The molecule has 0 saturated carbocycles. The fraction of sp³-hybridized carbons (Fsp3) is 0.316. The molecule has 1 atom stereocenters. The van der Waals surface area contributed by atoms with Crippen molar-refractivity contribution in [3.63, 3.8) is 0 Å². The van der Waals surface area contributed by atoms with E-state index in [2.05, 4.69) is 15.1 Å². The maximum absolute atomic E-state index is 12.7. The number of piperidine rings is 1. The number of benzene rings is 1. The van der Waals surface area contributed by atoms with Crippen LogP contribution in [0, 0.1) is 0 Å². The van der Waals surface area contributed by atoms with Crippen LogP contribution in [0.3, 0.4) is 0 Å². The van der Waals surface area contributed by atoms with Gasteiger partial charge in [-0.15, -0.1) is 0 Å². The maximum atomic E-state index is 12.7. The monoisotopic (exact) mass is 336 g/mol. The van der Waals surface area contributed by atoms with Crippen molar-refractivity contribution in [3.8, 4) is 11.3 Å². The van der Waals surface area contributed by atoms with E-state index in [0.717, 1.165) is 42.9 Å². The number of hydrogen-bond acceptors (Lipinski definition) is 4. The highest BCUT2D eigenvalue weighted by atomic mass is 16.5. The minimum absolute atomic E-state index is 0.00869. The molecule has 0 radical (unpaired) electrons. The smallest absolute Gasteiger partial charge is 0.229 e. The lowest BCUT2D eigenvalue weighted by Crippen LogP contribution is -2.39. The van der Waals surface area contributed by atoms with Gasteiger partial charge < -0.3 is 14.4 Å². The zero-order valence-corrected chi connectivity index (χ0v) is 13.9. The van der Waals surface area contributed by atoms with Crippen LogP contribution in [0.15, 0.2) is 53.4 Å². The summed E-state index contributed by atoms with van der Waals surface area (Å²) in [6, 6.07) is 11.8. The molecule has 1 saturated heterocycles. The molecule has 6 nitrogen and oxygen atoms in total. The second-order valence-corrected chi connectivity index (χ2v) is 6.31. The predicted molar refractivity (Wildman–Crippen MR) is 92.5 cm³/mol. The largest absolute Gasteiger partial charge is 0.364 e. The summed E-state index contributed by atoms with van der Waals surface area (Å²) in [5.41, 5.74) is 2.74. The van der Waals surface area contributed by atoms with Crippen LogP contribution < -0.4 is 0 Å². The first-order valence-corrected chi connectivity index (χ1v) is 8.60. The summed E-state index contributed by atoms with van der Waals surface area (Å²) in [5.74, 6) is 0.920. The maximum Gasteiger partial charge on any atom is 0.229 e. The van der Waals surface area contributed by atoms with E-state index in [0.29, 0.717) is 5.69 Å². The fourth-order valence-electron chi connectivity index (χ4n) is 3.37. The Balaban J connectivity index is 1.55. The molecular formula is C19H20N4O2. The predicted octanol–water partition coefficient (Wildman–Crippen LogP) is 3.36. The highest BCUT2D eigenvalue weighted by Gasteiger charge is 2.30. The summed E-state index contributed by atoms with van der Waals surface area (Å²) in [5, 5.41) is 3.85. The Hall–Kier alpha value is -2.89. The first-order valence-electron chi connectivity index (χ1n) is 8.60. The summed E-state index contributed by atoms with van der Waals surface area (Å²) in [6.07, 6.45) is 6.65. The molecule has 25 heavy (non-hydrogen) atoms. The van der Waals surface area contributed by atoms with Gasteiger partial charge in [-0.1, -0.05) is 35.5 Å². The molecule has 128 valence electrons. The number of H-pyrrole nitrogens is 1. The van der Waals surface area contributed by atoms with Crippen LogP contribution in [0.4, 0.5) is 0 Å². The lowest BCUT2D eigenvalue weighted by Gasteiger charge is -2.34. The number of likely N-dealkylation sites (tertiary alicyclic amines) is 1. The van der Waals surface area contributed by atoms with Crippen molar-refractivity contribution in [1.29, 1.82) is 0 Å². The van der Waals surface area contributed by atoms with Crippen LogP contribution in [0.1, 0.15) is 36.8 Å². The summed E-state index contributed by atoms with van der Waals surface area (Å²) in [7, 11) is 0. The van der Waals surface area contributed by atoms with E-state index in [4.69, 9.17) is 4.52 Å². The van der Waals surface area contributed by atoms with Gasteiger partial charge in [0.1, 0.15) is 12.1 Å². The van der Waals surface area contributed by atoms with Crippen LogP contribution >= 0.6 is 0 Å². The average Bonchev–Trinajstić information content (AvgIpc) is 3.34. The Morgan fingerprint density at radius 1 is 1.24 bits per heavy atom. The van der Waals surface area contributed by atoms with Gasteiger partial charge in [0.2, 0.25) is 5.91 Å². The third kappa shape index (κ3) is 3.33. The van der Waals surface area contributed by atoms with Crippen molar-refractivity contribution >= 4 is 5.91 Å². The molecular weight excluding hydrogens is 316 g/mol. The minimum Gasteiger partial charge on any atom is -0.364 e. The number of nitrogens with one attached hydrogen (secondary N) is 1. The molecule has 4 rings (SSSR count). The third-order valence-electron chi connectivity index (χ3n) is 4.64. The molecule has 6 heteroatoms. The Morgan fingerprint density at radius 2 is 2.12 bits per heavy atom. The van der Waals surface area contributed by atoms with E-state index in [1.165, 1.54) is 6.26 Å². The van der Waals surface area contributed by atoms with E-state index in [1.807, 2.05) is 41.4 Å². The van der Waals surface area contributed by atoms with Gasteiger partial charge >= 0.3 is 0 Å². The molecule has 3 aromatic rings. The summed E-state index contributed by atoms with van der Waals surface area (Å²) in [4.78, 5) is 22.6. The average molecular weight is 336 g/mol. The summed E-state index contributed by atoms with van der Waals surface area (Å²) >= 11 is 0. The fourth-order valence-corrected chi connectivity index (χ4v) is 3.37. The molecule has 1 N–H and O–H groups in total. The van der Waals surface area contributed by atoms with Gasteiger partial charge in [0, 0.05) is 12.6 Å². The van der Waals surface area contributed by atoms with Crippen LogP contribution in [-0.2, 0) is 11.2 Å². The molecule has 1 aliphatic rings. The van der Waals surface area contributed by atoms with E-state index in [9.17, 15) is 4.79 Å². The van der Waals surface area contributed by atoms with Crippen molar-refractivity contribution in [2.75, 3.05) is 6.54 Å².